The summed E-state index contributed by atoms with van der Waals surface area (Å²) in [6.07, 6.45) is 5.07. The molecule has 2 fully saturated rings. The van der Waals surface area contributed by atoms with Crippen molar-refractivity contribution in [2.75, 3.05) is 26.2 Å². The maximum absolute atomic E-state index is 12.3. The van der Waals surface area contributed by atoms with Gasteiger partial charge in [-0.05, 0) is 32.7 Å². The maximum atomic E-state index is 12.3. The van der Waals surface area contributed by atoms with Crippen molar-refractivity contribution in [2.24, 2.45) is 5.41 Å². The first-order valence-electron chi connectivity index (χ1n) is 8.65. The van der Waals surface area contributed by atoms with Gasteiger partial charge in [0.25, 0.3) is 5.56 Å². The number of aliphatic hydroxyl groups is 1. The molecule has 24 heavy (non-hydrogen) atoms. The van der Waals surface area contributed by atoms with Crippen LogP contribution in [0.1, 0.15) is 29.8 Å². The zero-order valence-corrected chi connectivity index (χ0v) is 14.8. The molecule has 4 rings (SSSR count). The summed E-state index contributed by atoms with van der Waals surface area (Å²) < 4.78 is 1.62. The molecule has 0 bridgehead atoms. The maximum Gasteiger partial charge on any atom is 0.258 e. The molecule has 0 aromatic carbocycles. The van der Waals surface area contributed by atoms with E-state index in [0.717, 1.165) is 54.4 Å². The van der Waals surface area contributed by atoms with Crippen molar-refractivity contribution in [1.82, 2.24) is 19.6 Å². The van der Waals surface area contributed by atoms with Crippen LogP contribution in [0.3, 0.4) is 0 Å². The number of piperidine rings is 2. The lowest BCUT2D eigenvalue weighted by atomic mass is 9.71. The van der Waals surface area contributed by atoms with Crippen LogP contribution >= 0.6 is 11.3 Å². The van der Waals surface area contributed by atoms with Gasteiger partial charge in [0.2, 0.25) is 0 Å². The van der Waals surface area contributed by atoms with Crippen LogP contribution in [-0.2, 0) is 6.54 Å². The zero-order valence-electron chi connectivity index (χ0n) is 14.0. The molecule has 0 unspecified atom stereocenters. The Labute approximate surface area is 145 Å². The molecule has 2 aromatic rings. The monoisotopic (exact) mass is 348 g/mol. The fourth-order valence-corrected chi connectivity index (χ4v) is 5.13. The Balaban J connectivity index is 1.56. The van der Waals surface area contributed by atoms with E-state index in [1.807, 2.05) is 13.1 Å². The minimum absolute atomic E-state index is 0.00885. The summed E-state index contributed by atoms with van der Waals surface area (Å²) in [6.45, 7) is 5.79. The van der Waals surface area contributed by atoms with Gasteiger partial charge in [0.15, 0.2) is 4.96 Å². The SMILES string of the molecule is Cc1cn2c(=O)cc(CN3CC[C@H]4NCCC[C@]4(CO)C3)nc2s1. The molecule has 2 aromatic heterocycles. The smallest absolute Gasteiger partial charge is 0.258 e. The van der Waals surface area contributed by atoms with Gasteiger partial charge < -0.3 is 10.4 Å². The number of likely N-dealkylation sites (tertiary alicyclic amines) is 1. The predicted octanol–water partition coefficient (Wildman–Crippen LogP) is 1.00. The van der Waals surface area contributed by atoms with Crippen LogP contribution in [0.5, 0.6) is 0 Å². The van der Waals surface area contributed by atoms with Crippen molar-refractivity contribution < 1.29 is 5.11 Å². The fraction of sp³-hybridized carbons (Fsp3) is 0.647. The highest BCUT2D eigenvalue weighted by Gasteiger charge is 2.44. The first kappa shape index (κ1) is 16.2. The number of hydrogen-bond donors (Lipinski definition) is 2. The largest absolute Gasteiger partial charge is 0.396 e. The van der Waals surface area contributed by atoms with Crippen LogP contribution in [0.25, 0.3) is 4.96 Å². The molecule has 4 heterocycles. The van der Waals surface area contributed by atoms with Crippen molar-refractivity contribution in [2.45, 2.75) is 38.8 Å². The summed E-state index contributed by atoms with van der Waals surface area (Å²) in [7, 11) is 0. The summed E-state index contributed by atoms with van der Waals surface area (Å²) in [5.74, 6) is 0. The normalized spacial score (nSPS) is 28.2. The number of thiazole rings is 1. The van der Waals surface area contributed by atoms with E-state index in [0.29, 0.717) is 12.6 Å². The van der Waals surface area contributed by atoms with Crippen molar-refractivity contribution in [3.63, 3.8) is 0 Å². The van der Waals surface area contributed by atoms with Gasteiger partial charge >= 0.3 is 0 Å². The molecule has 2 aliphatic heterocycles. The molecule has 0 saturated carbocycles. The van der Waals surface area contributed by atoms with Crippen LogP contribution < -0.4 is 10.9 Å². The molecule has 0 radical (unpaired) electrons. The van der Waals surface area contributed by atoms with E-state index in [2.05, 4.69) is 15.2 Å². The van der Waals surface area contributed by atoms with Gasteiger partial charge in [-0.3, -0.25) is 14.1 Å². The Morgan fingerprint density at radius 1 is 1.54 bits per heavy atom. The molecular formula is C17H24N4O2S. The second-order valence-corrected chi connectivity index (χ2v) is 8.42. The summed E-state index contributed by atoms with van der Waals surface area (Å²) in [6, 6.07) is 2.06. The molecule has 0 spiro atoms. The van der Waals surface area contributed by atoms with Crippen molar-refractivity contribution in [1.29, 1.82) is 0 Å². The summed E-state index contributed by atoms with van der Waals surface area (Å²) in [5, 5.41) is 13.6. The minimum Gasteiger partial charge on any atom is -0.396 e. The van der Waals surface area contributed by atoms with E-state index in [9.17, 15) is 9.90 Å². The summed E-state index contributed by atoms with van der Waals surface area (Å²) >= 11 is 1.55. The number of aromatic nitrogens is 2. The minimum atomic E-state index is -0.0465. The molecular weight excluding hydrogens is 324 g/mol. The van der Waals surface area contributed by atoms with Crippen LogP contribution in [0.15, 0.2) is 17.1 Å². The lowest BCUT2D eigenvalue weighted by Crippen LogP contribution is -2.61. The second kappa shape index (κ2) is 6.22. The summed E-state index contributed by atoms with van der Waals surface area (Å²) in [4.78, 5) is 21.1. The molecule has 2 atom stereocenters. The van der Waals surface area contributed by atoms with Gasteiger partial charge in [0, 0.05) is 48.2 Å². The zero-order chi connectivity index (χ0) is 16.7. The first-order valence-corrected chi connectivity index (χ1v) is 9.47. The number of hydrogen-bond acceptors (Lipinski definition) is 6. The van der Waals surface area contributed by atoms with Crippen molar-refractivity contribution in [3.05, 3.63) is 33.2 Å². The number of aliphatic hydroxyl groups excluding tert-OH is 1. The lowest BCUT2D eigenvalue weighted by Gasteiger charge is -2.50. The first-order chi connectivity index (χ1) is 11.6. The standard InChI is InChI=1S/C17H24N4O2S/c1-12-8-21-15(23)7-13(19-16(21)24-12)9-20-6-3-14-17(10-20,11-22)4-2-5-18-14/h7-8,14,18,22H,2-6,9-11H2,1H3/t14-,17-/m1/s1. The molecule has 2 aliphatic rings. The van der Waals surface area contributed by atoms with Crippen molar-refractivity contribution >= 4 is 16.3 Å². The Kier molecular flexibility index (Phi) is 4.20. The Morgan fingerprint density at radius 2 is 2.42 bits per heavy atom. The van der Waals surface area contributed by atoms with Crippen LogP contribution in [0.2, 0.25) is 0 Å². The van der Waals surface area contributed by atoms with Gasteiger partial charge in [-0.2, -0.15) is 0 Å². The molecule has 0 amide bonds. The number of rotatable bonds is 3. The molecule has 2 saturated heterocycles. The van der Waals surface area contributed by atoms with Crippen LogP contribution in [-0.4, -0.2) is 51.7 Å². The van der Waals surface area contributed by atoms with Gasteiger partial charge in [-0.1, -0.05) is 0 Å². The average Bonchev–Trinajstić information content (AvgIpc) is 2.95. The van der Waals surface area contributed by atoms with Gasteiger partial charge in [-0.15, -0.1) is 11.3 Å². The van der Waals surface area contributed by atoms with E-state index in [1.165, 1.54) is 0 Å². The fourth-order valence-electron chi connectivity index (χ4n) is 4.28. The Hall–Kier alpha value is -1.28. The highest BCUT2D eigenvalue weighted by atomic mass is 32.1. The molecule has 130 valence electrons. The highest BCUT2D eigenvalue weighted by Crippen LogP contribution is 2.37. The van der Waals surface area contributed by atoms with Crippen molar-refractivity contribution in [3.8, 4) is 0 Å². The van der Waals surface area contributed by atoms with E-state index < -0.39 is 0 Å². The third-order valence-electron chi connectivity index (χ3n) is 5.49. The summed E-state index contributed by atoms with van der Waals surface area (Å²) in [5.41, 5.74) is 0.775. The number of nitrogens with zero attached hydrogens (tertiary/aromatic N) is 3. The van der Waals surface area contributed by atoms with E-state index >= 15 is 0 Å². The third kappa shape index (κ3) is 2.79. The predicted molar refractivity (Wildman–Crippen MR) is 94.5 cm³/mol. The molecule has 7 heteroatoms. The van der Waals surface area contributed by atoms with Gasteiger partial charge in [0.05, 0.1) is 12.3 Å². The second-order valence-electron chi connectivity index (χ2n) is 7.21. The average molecular weight is 348 g/mol. The van der Waals surface area contributed by atoms with Crippen LogP contribution in [0.4, 0.5) is 0 Å². The van der Waals surface area contributed by atoms with Gasteiger partial charge in [0.1, 0.15) is 0 Å². The van der Waals surface area contributed by atoms with E-state index in [1.54, 1.807) is 21.8 Å². The lowest BCUT2D eigenvalue weighted by molar-refractivity contribution is -0.0226. The molecule has 6 nitrogen and oxygen atoms in total. The highest BCUT2D eigenvalue weighted by molar-refractivity contribution is 7.16. The Morgan fingerprint density at radius 3 is 3.25 bits per heavy atom. The van der Waals surface area contributed by atoms with E-state index in [4.69, 9.17) is 0 Å². The topological polar surface area (TPSA) is 69.9 Å². The molecule has 0 aliphatic carbocycles. The quantitative estimate of drug-likeness (QED) is 0.866. The third-order valence-corrected chi connectivity index (χ3v) is 6.39. The number of fused-ring (bicyclic) bond motifs is 2. The van der Waals surface area contributed by atoms with Gasteiger partial charge in [-0.25, -0.2) is 4.98 Å². The van der Waals surface area contributed by atoms with E-state index in [-0.39, 0.29) is 17.6 Å². The molecule has 2 N–H and O–H groups in total. The Bertz CT molecular complexity index is 801. The van der Waals surface area contributed by atoms with Crippen LogP contribution in [0, 0.1) is 12.3 Å². The number of aryl methyl sites for hydroxylation is 1. The number of nitrogens with one attached hydrogen (secondary N) is 1.